The fraction of sp³-hybridized carbons (Fsp3) is 0.286. The summed E-state index contributed by atoms with van der Waals surface area (Å²) < 4.78 is 30.5. The Bertz CT molecular complexity index is 524. The van der Waals surface area contributed by atoms with Gasteiger partial charge >= 0.3 is 5.97 Å². The van der Waals surface area contributed by atoms with Crippen LogP contribution in [0.4, 0.5) is 8.78 Å². The van der Waals surface area contributed by atoms with E-state index in [1.54, 1.807) is 0 Å². The zero-order valence-electron chi connectivity index (χ0n) is 8.12. The lowest BCUT2D eigenvalue weighted by molar-refractivity contribution is 0.0675. The van der Waals surface area contributed by atoms with E-state index in [-0.39, 0.29) is 12.4 Å². The van der Waals surface area contributed by atoms with Crippen LogP contribution in [0.3, 0.4) is 0 Å². The summed E-state index contributed by atoms with van der Waals surface area (Å²) in [5.41, 5.74) is -1.58. The van der Waals surface area contributed by atoms with Crippen molar-refractivity contribution in [3.8, 4) is 0 Å². The van der Waals surface area contributed by atoms with Crippen molar-refractivity contribution in [2.24, 2.45) is 0 Å². The summed E-state index contributed by atoms with van der Waals surface area (Å²) in [4.78, 5) is 14.3. The number of carboxylic acids is 1. The minimum absolute atomic E-state index is 0.0914. The third-order valence-corrected chi connectivity index (χ3v) is 1.88. The highest BCUT2D eigenvalue weighted by Crippen LogP contribution is 2.21. The Balaban J connectivity index is 2.37. The predicted molar refractivity (Wildman–Crippen MR) is 45.3 cm³/mol. The van der Waals surface area contributed by atoms with Crippen LogP contribution < -0.4 is 0 Å². The van der Waals surface area contributed by atoms with Gasteiger partial charge in [-0.2, -0.15) is 4.98 Å². The predicted octanol–water partition coefficient (Wildman–Crippen LogP) is 0.345. The molecule has 0 fully saturated rings. The second-order valence-electron chi connectivity index (χ2n) is 2.93. The molecule has 90 valence electrons. The molecule has 0 aliphatic rings. The van der Waals surface area contributed by atoms with Gasteiger partial charge in [-0.15, -0.1) is 5.10 Å². The Labute approximate surface area is 91.9 Å². The van der Waals surface area contributed by atoms with Crippen molar-refractivity contribution in [1.82, 2.24) is 25.1 Å². The van der Waals surface area contributed by atoms with Gasteiger partial charge in [0.15, 0.2) is 11.5 Å². The van der Waals surface area contributed by atoms with E-state index >= 15 is 0 Å². The molecule has 0 atom stereocenters. The quantitative estimate of drug-likeness (QED) is 0.827. The first kappa shape index (κ1) is 11.1. The van der Waals surface area contributed by atoms with Crippen molar-refractivity contribution < 1.29 is 23.2 Å². The highest BCUT2D eigenvalue weighted by molar-refractivity contribution is 5.86. The molecule has 1 N–H and O–H groups in total. The number of hydrogen-bond acceptors (Lipinski definition) is 6. The van der Waals surface area contributed by atoms with Gasteiger partial charge in [-0.3, -0.25) is 0 Å². The van der Waals surface area contributed by atoms with Crippen molar-refractivity contribution in [3.63, 3.8) is 0 Å². The Morgan fingerprint density at radius 3 is 2.88 bits per heavy atom. The first-order chi connectivity index (χ1) is 8.09. The molecular weight excluding hydrogens is 240 g/mol. The zero-order chi connectivity index (χ0) is 12.4. The van der Waals surface area contributed by atoms with Gasteiger partial charge in [-0.25, -0.2) is 18.3 Å². The summed E-state index contributed by atoms with van der Waals surface area (Å²) in [6.07, 6.45) is -1.99. The van der Waals surface area contributed by atoms with Gasteiger partial charge in [0.05, 0.1) is 0 Å². The van der Waals surface area contributed by atoms with Crippen LogP contribution in [0.25, 0.3) is 0 Å². The van der Waals surface area contributed by atoms with Crippen molar-refractivity contribution in [1.29, 1.82) is 0 Å². The van der Waals surface area contributed by atoms with Gasteiger partial charge in [0.1, 0.15) is 12.2 Å². The molecule has 0 saturated carbocycles. The van der Waals surface area contributed by atoms with Crippen LogP contribution in [-0.2, 0) is 6.54 Å². The summed E-state index contributed by atoms with van der Waals surface area (Å²) in [6, 6.07) is 0. The van der Waals surface area contributed by atoms with Gasteiger partial charge in [0.2, 0.25) is 6.39 Å². The molecule has 2 rings (SSSR count). The van der Waals surface area contributed by atoms with Crippen LogP contribution in [0.1, 0.15) is 28.4 Å². The SMILES string of the molecule is O=C(O)c1nnn(Cc2ncon2)c1C(F)F. The number of rotatable bonds is 4. The smallest absolute Gasteiger partial charge is 0.358 e. The lowest BCUT2D eigenvalue weighted by atomic mass is 10.3. The minimum Gasteiger partial charge on any atom is -0.476 e. The molecule has 0 unspecified atom stereocenters. The van der Waals surface area contributed by atoms with E-state index in [0.717, 1.165) is 11.1 Å². The molecule has 17 heavy (non-hydrogen) atoms. The first-order valence-electron chi connectivity index (χ1n) is 4.29. The average Bonchev–Trinajstić information content (AvgIpc) is 2.86. The van der Waals surface area contributed by atoms with E-state index in [1.807, 2.05) is 0 Å². The average molecular weight is 245 g/mol. The molecule has 2 aromatic rings. The monoisotopic (exact) mass is 245 g/mol. The third kappa shape index (κ3) is 2.09. The van der Waals surface area contributed by atoms with E-state index in [0.29, 0.717) is 0 Å². The third-order valence-electron chi connectivity index (χ3n) is 1.88. The fourth-order valence-electron chi connectivity index (χ4n) is 1.20. The molecule has 0 bridgehead atoms. The number of aromatic nitrogens is 5. The Morgan fingerprint density at radius 1 is 1.59 bits per heavy atom. The number of halogens is 2. The molecule has 0 aromatic carbocycles. The van der Waals surface area contributed by atoms with Gasteiger partial charge in [0, 0.05) is 0 Å². The summed E-state index contributed by atoms with van der Waals surface area (Å²) >= 11 is 0. The number of carboxylic acid groups (broad SMARTS) is 1. The van der Waals surface area contributed by atoms with Crippen LogP contribution in [0.2, 0.25) is 0 Å². The number of aromatic carboxylic acids is 1. The normalized spacial score (nSPS) is 11.0. The summed E-state index contributed by atoms with van der Waals surface area (Å²) in [6.45, 7) is -0.240. The van der Waals surface area contributed by atoms with Gasteiger partial charge in [-0.1, -0.05) is 10.4 Å². The van der Waals surface area contributed by atoms with Crippen molar-refractivity contribution in [2.45, 2.75) is 13.0 Å². The van der Waals surface area contributed by atoms with Gasteiger partial charge in [-0.05, 0) is 0 Å². The molecule has 0 aliphatic heterocycles. The maximum Gasteiger partial charge on any atom is 0.358 e. The zero-order valence-corrected chi connectivity index (χ0v) is 8.12. The van der Waals surface area contributed by atoms with Gasteiger partial charge < -0.3 is 9.63 Å². The molecule has 2 aromatic heterocycles. The second-order valence-corrected chi connectivity index (χ2v) is 2.93. The fourth-order valence-corrected chi connectivity index (χ4v) is 1.20. The second kappa shape index (κ2) is 4.23. The van der Waals surface area contributed by atoms with E-state index < -0.39 is 23.8 Å². The van der Waals surface area contributed by atoms with E-state index in [2.05, 4.69) is 25.0 Å². The molecule has 10 heteroatoms. The van der Waals surface area contributed by atoms with Crippen LogP contribution in [-0.4, -0.2) is 36.2 Å². The molecule has 2 heterocycles. The Kier molecular flexibility index (Phi) is 2.77. The number of alkyl halides is 2. The maximum atomic E-state index is 12.7. The summed E-state index contributed by atoms with van der Waals surface area (Å²) in [5, 5.41) is 18.5. The molecule has 8 nitrogen and oxygen atoms in total. The molecule has 0 aliphatic carbocycles. The lowest BCUT2D eigenvalue weighted by Gasteiger charge is -2.02. The highest BCUT2D eigenvalue weighted by atomic mass is 19.3. The number of hydrogen-bond donors (Lipinski definition) is 1. The maximum absolute atomic E-state index is 12.7. The highest BCUT2D eigenvalue weighted by Gasteiger charge is 2.26. The number of nitrogens with zero attached hydrogens (tertiary/aromatic N) is 5. The van der Waals surface area contributed by atoms with Crippen LogP contribution in [0.15, 0.2) is 10.9 Å². The van der Waals surface area contributed by atoms with Crippen molar-refractivity contribution >= 4 is 5.97 Å². The molecule has 0 saturated heterocycles. The van der Waals surface area contributed by atoms with Crippen LogP contribution in [0, 0.1) is 0 Å². The largest absolute Gasteiger partial charge is 0.476 e. The molecular formula is C7H5F2N5O3. The van der Waals surface area contributed by atoms with Crippen molar-refractivity contribution in [2.75, 3.05) is 0 Å². The summed E-state index contributed by atoms with van der Waals surface area (Å²) in [5.74, 6) is -1.48. The van der Waals surface area contributed by atoms with Crippen LogP contribution >= 0.6 is 0 Å². The lowest BCUT2D eigenvalue weighted by Crippen LogP contribution is -2.10. The van der Waals surface area contributed by atoms with E-state index in [1.165, 1.54) is 0 Å². The van der Waals surface area contributed by atoms with E-state index in [9.17, 15) is 13.6 Å². The minimum atomic E-state index is -3.01. The standard InChI is InChI=1S/C7H5F2N5O3/c8-6(9)5-4(7(15)16)11-13-14(5)1-3-10-2-17-12-3/h2,6H,1H2,(H,15,16). The van der Waals surface area contributed by atoms with Crippen molar-refractivity contribution in [3.05, 3.63) is 23.6 Å². The van der Waals surface area contributed by atoms with Crippen LogP contribution in [0.5, 0.6) is 0 Å². The van der Waals surface area contributed by atoms with E-state index in [4.69, 9.17) is 5.11 Å². The Morgan fingerprint density at radius 2 is 2.35 bits per heavy atom. The topological polar surface area (TPSA) is 107 Å². The summed E-state index contributed by atoms with van der Waals surface area (Å²) in [7, 11) is 0. The van der Waals surface area contributed by atoms with Gasteiger partial charge in [0.25, 0.3) is 6.43 Å². The Hall–Kier alpha value is -2.39. The number of carbonyl (C=O) groups is 1. The molecule has 0 radical (unpaired) electrons. The molecule has 0 amide bonds. The first-order valence-corrected chi connectivity index (χ1v) is 4.29. The molecule has 0 spiro atoms.